The third kappa shape index (κ3) is 12.8. The first-order valence-electron chi connectivity index (χ1n) is 19.4. The lowest BCUT2D eigenvalue weighted by atomic mass is 10.00. The fourth-order valence-corrected chi connectivity index (χ4v) is 8.58. The summed E-state index contributed by atoms with van der Waals surface area (Å²) in [7, 11) is -5.96. The molecule has 0 atom stereocenters. The van der Waals surface area contributed by atoms with Gasteiger partial charge in [-0.2, -0.15) is 0 Å². The molecule has 0 aliphatic rings. The van der Waals surface area contributed by atoms with Crippen LogP contribution in [0.15, 0.2) is 155 Å². The van der Waals surface area contributed by atoms with Crippen LogP contribution in [0.1, 0.15) is 68.3 Å². The number of carbonyl (C=O) groups is 2. The number of methoxy groups -OCH3 is 1. The smallest absolute Gasteiger partial charge is 0.335 e. The highest BCUT2D eigenvalue weighted by Gasteiger charge is 2.17. The average Bonchev–Trinajstić information content (AvgIpc) is 3.24. The standard InChI is InChI=1S/C25H27NO4S.C22H21NO5S/c1-2-3-7-19-13-16-23(17-14-19)31(29,30)26-22-10-6-8-20(18-22)12-15-21-9-4-5-11-24(21)25(27)28;1-28-19-9-5-10-20(15-19)29(26,27)23-18-8-4-6-16(14-18)12-13-17-7-2-3-11-21(17)22(24)25/h4-6,8-11,13-14,16-18,26H,2-3,7,12,15H2,1H3,(H,27,28);2-11,14-15,23H,12-13H2,1H3,(H,24,25). The van der Waals surface area contributed by atoms with Gasteiger partial charge in [-0.3, -0.25) is 9.44 Å². The lowest BCUT2D eigenvalue weighted by Gasteiger charge is -2.11. The van der Waals surface area contributed by atoms with Crippen molar-refractivity contribution < 1.29 is 41.4 Å². The van der Waals surface area contributed by atoms with Crippen molar-refractivity contribution in [3.05, 3.63) is 185 Å². The molecule has 0 fully saturated rings. The Kier molecular flexibility index (Phi) is 15.6. The van der Waals surface area contributed by atoms with Crippen molar-refractivity contribution in [1.29, 1.82) is 0 Å². The quantitative estimate of drug-likeness (QED) is 0.0657. The molecule has 0 bridgehead atoms. The Balaban J connectivity index is 0.000000228. The molecule has 11 nitrogen and oxygen atoms in total. The van der Waals surface area contributed by atoms with Crippen molar-refractivity contribution >= 4 is 43.4 Å². The molecule has 0 saturated heterocycles. The van der Waals surface area contributed by atoms with Gasteiger partial charge in [0, 0.05) is 17.4 Å². The van der Waals surface area contributed by atoms with Crippen LogP contribution in [-0.4, -0.2) is 46.1 Å². The molecule has 0 spiro atoms. The van der Waals surface area contributed by atoms with Crippen LogP contribution in [0.2, 0.25) is 0 Å². The maximum absolute atomic E-state index is 12.8. The van der Waals surface area contributed by atoms with Gasteiger partial charge in [-0.1, -0.05) is 92.2 Å². The van der Waals surface area contributed by atoms with E-state index in [2.05, 4.69) is 16.4 Å². The minimum absolute atomic E-state index is 0.109. The number of nitrogens with one attached hydrogen (secondary N) is 2. The number of hydrogen-bond acceptors (Lipinski definition) is 7. The normalized spacial score (nSPS) is 11.2. The predicted octanol–water partition coefficient (Wildman–Crippen LogP) is 9.29. The first-order chi connectivity index (χ1) is 28.8. The molecule has 0 aliphatic carbocycles. The van der Waals surface area contributed by atoms with E-state index in [1.165, 1.54) is 19.2 Å². The number of carboxylic acid groups (broad SMARTS) is 2. The molecule has 13 heteroatoms. The number of aryl methyl sites for hydroxylation is 5. The summed E-state index contributed by atoms with van der Waals surface area (Å²) in [6.45, 7) is 2.13. The number of aromatic carboxylic acids is 2. The van der Waals surface area contributed by atoms with Gasteiger partial charge in [0.05, 0.1) is 28.0 Å². The zero-order valence-electron chi connectivity index (χ0n) is 33.4. The molecule has 6 rings (SSSR count). The fraction of sp³-hybridized carbons (Fsp3) is 0.191. The number of carboxylic acids is 2. The molecule has 0 aliphatic heterocycles. The summed E-state index contributed by atoms with van der Waals surface area (Å²) in [5.74, 6) is -1.45. The molecule has 0 amide bonds. The van der Waals surface area contributed by atoms with Crippen LogP contribution in [0.3, 0.4) is 0 Å². The summed E-state index contributed by atoms with van der Waals surface area (Å²) in [4.78, 5) is 23.1. The number of benzene rings is 6. The maximum atomic E-state index is 12.8. The van der Waals surface area contributed by atoms with Gasteiger partial charge >= 0.3 is 11.9 Å². The largest absolute Gasteiger partial charge is 0.497 e. The number of unbranched alkanes of at least 4 members (excludes halogenated alkanes) is 1. The van der Waals surface area contributed by atoms with Gasteiger partial charge < -0.3 is 14.9 Å². The SMILES string of the molecule is CCCCc1ccc(S(=O)(=O)Nc2cccc(CCc3ccccc3C(=O)O)c2)cc1.COc1cccc(S(=O)(=O)Nc2cccc(CCc3ccccc3C(=O)O)c2)c1. The van der Waals surface area contributed by atoms with Crippen molar-refractivity contribution in [2.24, 2.45) is 0 Å². The highest BCUT2D eigenvalue weighted by atomic mass is 32.2. The van der Waals surface area contributed by atoms with Gasteiger partial charge in [0.1, 0.15) is 5.75 Å². The lowest BCUT2D eigenvalue weighted by Crippen LogP contribution is -2.13. The van der Waals surface area contributed by atoms with Gasteiger partial charge in [-0.25, -0.2) is 26.4 Å². The van der Waals surface area contributed by atoms with Crippen molar-refractivity contribution in [3.63, 3.8) is 0 Å². The molecular formula is C47H48N2O9S2. The molecule has 0 radical (unpaired) electrons. The molecule has 4 N–H and O–H groups in total. The number of sulfonamides is 2. The maximum Gasteiger partial charge on any atom is 0.335 e. The Hall–Kier alpha value is -6.44. The lowest BCUT2D eigenvalue weighted by molar-refractivity contribution is 0.0684. The van der Waals surface area contributed by atoms with Crippen molar-refractivity contribution in [2.75, 3.05) is 16.6 Å². The first-order valence-corrected chi connectivity index (χ1v) is 22.3. The van der Waals surface area contributed by atoms with Gasteiger partial charge in [0.2, 0.25) is 0 Å². The van der Waals surface area contributed by atoms with Gasteiger partial charge in [-0.05, 0) is 127 Å². The van der Waals surface area contributed by atoms with E-state index in [1.807, 2.05) is 30.3 Å². The van der Waals surface area contributed by atoms with E-state index in [1.54, 1.807) is 103 Å². The summed E-state index contributed by atoms with van der Waals surface area (Å²) in [6.07, 6.45) is 5.39. The first kappa shape index (κ1) is 44.7. The third-order valence-corrected chi connectivity index (χ3v) is 12.4. The fourth-order valence-electron chi connectivity index (χ4n) is 6.45. The number of anilines is 2. The Labute approximate surface area is 351 Å². The second kappa shape index (κ2) is 21.0. The molecule has 312 valence electrons. The molecular weight excluding hydrogens is 801 g/mol. The second-order valence-electron chi connectivity index (χ2n) is 14.0. The van der Waals surface area contributed by atoms with Crippen LogP contribution >= 0.6 is 0 Å². The Morgan fingerprint density at radius 1 is 0.517 bits per heavy atom. The third-order valence-electron chi connectivity index (χ3n) is 9.62. The molecule has 6 aromatic rings. The van der Waals surface area contributed by atoms with Crippen LogP contribution in [-0.2, 0) is 52.2 Å². The van der Waals surface area contributed by atoms with E-state index < -0.39 is 32.0 Å². The predicted molar refractivity (Wildman–Crippen MR) is 234 cm³/mol. The van der Waals surface area contributed by atoms with Gasteiger partial charge in [0.15, 0.2) is 0 Å². The summed E-state index contributed by atoms with van der Waals surface area (Å²) in [5, 5.41) is 18.6. The van der Waals surface area contributed by atoms with Gasteiger partial charge in [-0.15, -0.1) is 0 Å². The van der Waals surface area contributed by atoms with Crippen molar-refractivity contribution in [2.45, 2.75) is 61.7 Å². The summed E-state index contributed by atoms with van der Waals surface area (Å²) >= 11 is 0. The molecule has 0 saturated carbocycles. The summed E-state index contributed by atoms with van der Waals surface area (Å²) in [6, 6.07) is 41.3. The second-order valence-corrected chi connectivity index (χ2v) is 17.3. The topological polar surface area (TPSA) is 176 Å². The molecule has 0 unspecified atom stereocenters. The van der Waals surface area contributed by atoms with E-state index in [4.69, 9.17) is 4.74 Å². The van der Waals surface area contributed by atoms with Crippen LogP contribution in [0.5, 0.6) is 5.75 Å². The monoisotopic (exact) mass is 848 g/mol. The van der Waals surface area contributed by atoms with Crippen molar-refractivity contribution in [3.8, 4) is 5.75 Å². The number of hydrogen-bond donors (Lipinski definition) is 4. The van der Waals surface area contributed by atoms with E-state index in [9.17, 15) is 36.6 Å². The molecule has 0 aromatic heterocycles. The average molecular weight is 849 g/mol. The van der Waals surface area contributed by atoms with Crippen molar-refractivity contribution in [1.82, 2.24) is 0 Å². The Morgan fingerprint density at radius 3 is 1.48 bits per heavy atom. The van der Waals surface area contributed by atoms with Crippen LogP contribution < -0.4 is 14.2 Å². The minimum Gasteiger partial charge on any atom is -0.497 e. The highest BCUT2D eigenvalue weighted by molar-refractivity contribution is 7.93. The molecule has 6 aromatic carbocycles. The molecule has 60 heavy (non-hydrogen) atoms. The summed E-state index contributed by atoms with van der Waals surface area (Å²) in [5.41, 5.74) is 5.95. The van der Waals surface area contributed by atoms with Crippen LogP contribution in [0.25, 0.3) is 0 Å². The minimum atomic E-state index is -3.76. The van der Waals surface area contributed by atoms with Crippen LogP contribution in [0.4, 0.5) is 11.4 Å². The van der Waals surface area contributed by atoms with E-state index >= 15 is 0 Å². The number of rotatable bonds is 18. The van der Waals surface area contributed by atoms with E-state index in [0.717, 1.165) is 47.1 Å². The zero-order valence-corrected chi connectivity index (χ0v) is 35.0. The van der Waals surface area contributed by atoms with E-state index in [-0.39, 0.29) is 15.4 Å². The highest BCUT2D eigenvalue weighted by Crippen LogP contribution is 2.23. The van der Waals surface area contributed by atoms with Gasteiger partial charge in [0.25, 0.3) is 20.0 Å². The Morgan fingerprint density at radius 2 is 1.00 bits per heavy atom. The van der Waals surface area contributed by atoms with E-state index in [0.29, 0.717) is 48.4 Å². The zero-order chi connectivity index (χ0) is 43.1. The summed E-state index contributed by atoms with van der Waals surface area (Å²) < 4.78 is 61.1. The Bertz CT molecular complexity index is 2630. The molecule has 0 heterocycles. The number of ether oxygens (including phenoxy) is 1. The van der Waals surface area contributed by atoms with Crippen LogP contribution in [0, 0.1) is 0 Å².